The molecule has 0 bridgehead atoms. The van der Waals surface area contributed by atoms with Crippen LogP contribution in [0.15, 0.2) is 39.6 Å². The molecule has 2 aromatic heterocycles. The predicted octanol–water partition coefficient (Wildman–Crippen LogP) is 3.16. The lowest BCUT2D eigenvalue weighted by Crippen LogP contribution is -2.23. The Bertz CT molecular complexity index is 1360. The standard InChI is InChI=1S/C21H18BrN3O5S/c1-27-14-6-5-13(22)7-11(14)10-17-20(26)25-21(31-17)23-19(24-25)12-8-15(28-2)18(30-4)16(9-12)29-3/h5-10H,1-4H3. The van der Waals surface area contributed by atoms with Gasteiger partial charge < -0.3 is 18.9 Å². The molecule has 4 aromatic rings. The first-order valence-electron chi connectivity index (χ1n) is 9.04. The lowest BCUT2D eigenvalue weighted by atomic mass is 10.1. The SMILES string of the molecule is COc1ccc(Br)cc1C=c1sc2nc(-c3cc(OC)c(OC)c(OC)c3)nn2c1=O. The first-order valence-corrected chi connectivity index (χ1v) is 10.6. The molecular weight excluding hydrogens is 486 g/mol. The number of methoxy groups -OCH3 is 4. The number of hydrogen-bond donors (Lipinski definition) is 0. The topological polar surface area (TPSA) is 84.2 Å². The van der Waals surface area contributed by atoms with E-state index in [0.29, 0.717) is 43.9 Å². The van der Waals surface area contributed by atoms with Gasteiger partial charge in [-0.2, -0.15) is 9.50 Å². The maximum absolute atomic E-state index is 12.9. The van der Waals surface area contributed by atoms with Crippen LogP contribution in [-0.2, 0) is 0 Å². The molecule has 0 aliphatic rings. The zero-order valence-electron chi connectivity index (χ0n) is 17.1. The Morgan fingerprint density at radius 1 is 0.968 bits per heavy atom. The molecule has 0 saturated carbocycles. The van der Waals surface area contributed by atoms with Crippen molar-refractivity contribution in [1.29, 1.82) is 0 Å². The third kappa shape index (κ3) is 3.84. The van der Waals surface area contributed by atoms with Gasteiger partial charge in [-0.1, -0.05) is 27.3 Å². The van der Waals surface area contributed by atoms with Crippen LogP contribution in [-0.4, -0.2) is 43.0 Å². The van der Waals surface area contributed by atoms with Crippen molar-refractivity contribution in [2.24, 2.45) is 0 Å². The van der Waals surface area contributed by atoms with Crippen LogP contribution in [0.25, 0.3) is 22.4 Å². The molecule has 0 atom stereocenters. The first-order chi connectivity index (χ1) is 15.0. The van der Waals surface area contributed by atoms with Crippen LogP contribution in [0.3, 0.4) is 0 Å². The van der Waals surface area contributed by atoms with E-state index in [9.17, 15) is 4.79 Å². The Morgan fingerprint density at radius 3 is 2.23 bits per heavy atom. The van der Waals surface area contributed by atoms with Crippen molar-refractivity contribution in [2.75, 3.05) is 28.4 Å². The molecule has 0 unspecified atom stereocenters. The number of rotatable bonds is 6. The Hall–Kier alpha value is -3.11. The minimum atomic E-state index is -0.256. The fourth-order valence-corrected chi connectivity index (χ4v) is 4.40. The van der Waals surface area contributed by atoms with Crippen LogP contribution in [0.2, 0.25) is 0 Å². The highest BCUT2D eigenvalue weighted by molar-refractivity contribution is 9.10. The van der Waals surface area contributed by atoms with Gasteiger partial charge in [0.05, 0.1) is 33.0 Å². The van der Waals surface area contributed by atoms with E-state index < -0.39 is 0 Å². The molecule has 0 N–H and O–H groups in total. The smallest absolute Gasteiger partial charge is 0.291 e. The average molecular weight is 504 g/mol. The molecule has 0 aliphatic heterocycles. The Labute approximate surface area is 189 Å². The molecule has 0 amide bonds. The van der Waals surface area contributed by atoms with E-state index in [1.54, 1.807) is 25.3 Å². The minimum Gasteiger partial charge on any atom is -0.496 e. The largest absolute Gasteiger partial charge is 0.496 e. The summed E-state index contributed by atoms with van der Waals surface area (Å²) in [5.41, 5.74) is 1.17. The highest BCUT2D eigenvalue weighted by Gasteiger charge is 2.18. The lowest BCUT2D eigenvalue weighted by Gasteiger charge is -2.12. The number of fused-ring (bicyclic) bond motifs is 1. The van der Waals surface area contributed by atoms with E-state index in [-0.39, 0.29) is 5.56 Å². The van der Waals surface area contributed by atoms with E-state index in [2.05, 4.69) is 26.0 Å². The molecule has 31 heavy (non-hydrogen) atoms. The van der Waals surface area contributed by atoms with E-state index in [1.807, 2.05) is 18.2 Å². The summed E-state index contributed by atoms with van der Waals surface area (Å²) in [6.07, 6.45) is 1.77. The highest BCUT2D eigenvalue weighted by atomic mass is 79.9. The summed E-state index contributed by atoms with van der Waals surface area (Å²) in [5, 5.41) is 4.40. The van der Waals surface area contributed by atoms with Crippen LogP contribution in [0.1, 0.15) is 5.56 Å². The number of thiazole rings is 1. The molecule has 0 aliphatic carbocycles. The molecule has 8 nitrogen and oxygen atoms in total. The monoisotopic (exact) mass is 503 g/mol. The highest BCUT2D eigenvalue weighted by Crippen LogP contribution is 2.40. The second-order valence-corrected chi connectivity index (χ2v) is 8.27. The molecule has 2 aromatic carbocycles. The second-order valence-electron chi connectivity index (χ2n) is 6.35. The van der Waals surface area contributed by atoms with Crippen LogP contribution in [0.5, 0.6) is 23.0 Å². The molecule has 0 radical (unpaired) electrons. The minimum absolute atomic E-state index is 0.256. The van der Waals surface area contributed by atoms with Crippen LogP contribution < -0.4 is 29.0 Å². The van der Waals surface area contributed by atoms with Gasteiger partial charge in [0.2, 0.25) is 10.7 Å². The summed E-state index contributed by atoms with van der Waals surface area (Å²) in [6, 6.07) is 9.07. The summed E-state index contributed by atoms with van der Waals surface area (Å²) in [7, 11) is 6.20. The van der Waals surface area contributed by atoms with Gasteiger partial charge in [0.25, 0.3) is 5.56 Å². The van der Waals surface area contributed by atoms with Gasteiger partial charge in [-0.05, 0) is 36.4 Å². The Morgan fingerprint density at radius 2 is 1.65 bits per heavy atom. The first kappa shape index (κ1) is 21.1. The van der Waals surface area contributed by atoms with Gasteiger partial charge in [-0.25, -0.2) is 0 Å². The molecule has 0 fully saturated rings. The third-order valence-corrected chi connectivity index (χ3v) is 6.04. The van der Waals surface area contributed by atoms with Crippen LogP contribution in [0, 0.1) is 0 Å². The number of ether oxygens (including phenoxy) is 4. The second kappa shape index (κ2) is 8.56. The molecular formula is C21H18BrN3O5S. The molecule has 0 spiro atoms. The summed E-state index contributed by atoms with van der Waals surface area (Å²) >= 11 is 4.69. The normalized spacial score (nSPS) is 11.7. The molecule has 10 heteroatoms. The Balaban J connectivity index is 1.82. The number of benzene rings is 2. The summed E-state index contributed by atoms with van der Waals surface area (Å²) < 4.78 is 24.2. The number of halogens is 1. The zero-order chi connectivity index (χ0) is 22.1. The number of hydrogen-bond acceptors (Lipinski definition) is 8. The number of nitrogens with zero attached hydrogens (tertiary/aromatic N) is 3. The zero-order valence-corrected chi connectivity index (χ0v) is 19.5. The van der Waals surface area contributed by atoms with Crippen molar-refractivity contribution in [3.8, 4) is 34.4 Å². The van der Waals surface area contributed by atoms with Crippen molar-refractivity contribution in [3.05, 3.63) is 55.3 Å². The third-order valence-electron chi connectivity index (χ3n) is 4.58. The molecule has 0 saturated heterocycles. The van der Waals surface area contributed by atoms with E-state index in [1.165, 1.54) is 37.2 Å². The predicted molar refractivity (Wildman–Crippen MR) is 122 cm³/mol. The van der Waals surface area contributed by atoms with E-state index >= 15 is 0 Å². The van der Waals surface area contributed by atoms with Gasteiger partial charge in [0, 0.05) is 15.6 Å². The van der Waals surface area contributed by atoms with Gasteiger partial charge in [-0.3, -0.25) is 4.79 Å². The van der Waals surface area contributed by atoms with Gasteiger partial charge in [0.15, 0.2) is 17.3 Å². The van der Waals surface area contributed by atoms with Crippen molar-refractivity contribution in [3.63, 3.8) is 0 Å². The van der Waals surface area contributed by atoms with E-state index in [4.69, 9.17) is 18.9 Å². The van der Waals surface area contributed by atoms with Crippen LogP contribution >= 0.6 is 27.3 Å². The quantitative estimate of drug-likeness (QED) is 0.399. The maximum Gasteiger partial charge on any atom is 0.291 e. The summed E-state index contributed by atoms with van der Waals surface area (Å²) in [5.74, 6) is 2.48. The van der Waals surface area contributed by atoms with E-state index in [0.717, 1.165) is 10.0 Å². The van der Waals surface area contributed by atoms with Gasteiger partial charge in [-0.15, -0.1) is 5.10 Å². The Kier molecular flexibility index (Phi) is 5.84. The fourth-order valence-electron chi connectivity index (χ4n) is 3.13. The lowest BCUT2D eigenvalue weighted by molar-refractivity contribution is 0.324. The van der Waals surface area contributed by atoms with Gasteiger partial charge >= 0.3 is 0 Å². The summed E-state index contributed by atoms with van der Waals surface area (Å²) in [6.45, 7) is 0. The molecule has 4 rings (SSSR count). The molecule has 2 heterocycles. The van der Waals surface area contributed by atoms with Crippen LogP contribution in [0.4, 0.5) is 0 Å². The van der Waals surface area contributed by atoms with Crippen molar-refractivity contribution in [1.82, 2.24) is 14.6 Å². The fraction of sp³-hybridized carbons (Fsp3) is 0.190. The van der Waals surface area contributed by atoms with Crippen molar-refractivity contribution < 1.29 is 18.9 Å². The molecule has 160 valence electrons. The van der Waals surface area contributed by atoms with Crippen molar-refractivity contribution in [2.45, 2.75) is 0 Å². The number of aromatic nitrogens is 3. The van der Waals surface area contributed by atoms with Crippen molar-refractivity contribution >= 4 is 38.3 Å². The summed E-state index contributed by atoms with van der Waals surface area (Å²) in [4.78, 5) is 17.9. The average Bonchev–Trinajstić information content (AvgIpc) is 3.32. The maximum atomic E-state index is 12.9. The van der Waals surface area contributed by atoms with Gasteiger partial charge in [0.1, 0.15) is 5.75 Å².